The van der Waals surface area contributed by atoms with Gasteiger partial charge in [-0.05, 0) is 101 Å². The zero-order valence-electron chi connectivity index (χ0n) is 42.7. The number of ether oxygens (including phenoxy) is 8. The Bertz CT molecular complexity index is 1490. The highest BCUT2D eigenvalue weighted by Crippen LogP contribution is 2.41. The van der Waals surface area contributed by atoms with Crippen LogP contribution in [-0.4, -0.2) is 181 Å². The first-order chi connectivity index (χ1) is 30.4. The summed E-state index contributed by atoms with van der Waals surface area (Å²) in [4.78, 5) is 46.0. The number of hydrogen-bond acceptors (Lipinski definition) is 16. The van der Waals surface area contributed by atoms with Crippen LogP contribution in [0.25, 0.3) is 0 Å². The van der Waals surface area contributed by atoms with Gasteiger partial charge in [0.1, 0.15) is 29.5 Å². The molecule has 4 N–H and O–H groups in total. The SMILES string of the molecule is CCCCN(C)[C@H]1C[C@@H](C)O[C@@H](O[C@@H]2[C@@H](C)[C@H](O[C@H]3C[C@@](C)(OC)[C@@H](OC(=O)CCN(CC)CC)[C@H](C)O3)[C@@H](C)C(=O)O[C@H](CC)[C@@](C)(O)[C@H](O)[C@@H](C)NC(=O)[C@H](C)C[C@@]2(C)OC)[C@@H]1O. The second kappa shape index (κ2) is 25.0. The fourth-order valence-corrected chi connectivity index (χ4v) is 10.1. The normalized spacial score (nSPS) is 41.6. The summed E-state index contributed by atoms with van der Waals surface area (Å²) < 4.78 is 51.5. The van der Waals surface area contributed by atoms with E-state index in [0.717, 1.165) is 32.5 Å². The van der Waals surface area contributed by atoms with Gasteiger partial charge in [0.25, 0.3) is 0 Å². The molecule has 3 heterocycles. The van der Waals surface area contributed by atoms with Crippen molar-refractivity contribution in [1.29, 1.82) is 0 Å². The molecule has 0 unspecified atom stereocenters. The monoisotopic (exact) mass is 932 g/mol. The summed E-state index contributed by atoms with van der Waals surface area (Å²) in [6.07, 6.45) is -6.77. The molecule has 3 aliphatic rings. The van der Waals surface area contributed by atoms with Gasteiger partial charge >= 0.3 is 11.9 Å². The summed E-state index contributed by atoms with van der Waals surface area (Å²) in [7, 11) is 5.04. The Morgan fingerprint density at radius 1 is 0.877 bits per heavy atom. The summed E-state index contributed by atoms with van der Waals surface area (Å²) >= 11 is 0. The minimum atomic E-state index is -1.97. The molecule has 0 radical (unpaired) electrons. The number of cyclic esters (lactones) is 1. The predicted molar refractivity (Wildman–Crippen MR) is 245 cm³/mol. The Morgan fingerprint density at radius 3 is 2.06 bits per heavy atom. The van der Waals surface area contributed by atoms with Gasteiger partial charge in [0.2, 0.25) is 5.91 Å². The fraction of sp³-hybridized carbons (Fsp3) is 0.938. The number of nitrogens with one attached hydrogen (secondary N) is 1. The van der Waals surface area contributed by atoms with Crippen molar-refractivity contribution in [2.24, 2.45) is 17.8 Å². The van der Waals surface area contributed by atoms with Gasteiger partial charge in [-0.2, -0.15) is 0 Å². The Morgan fingerprint density at radius 2 is 1.49 bits per heavy atom. The lowest BCUT2D eigenvalue weighted by atomic mass is 9.77. The molecule has 380 valence electrons. The molecule has 0 aromatic carbocycles. The summed E-state index contributed by atoms with van der Waals surface area (Å²) in [6, 6.07) is -1.23. The minimum Gasteiger partial charge on any atom is -0.459 e. The molecule has 18 atom stereocenters. The van der Waals surface area contributed by atoms with E-state index in [-0.39, 0.29) is 43.8 Å². The van der Waals surface area contributed by atoms with Crippen molar-refractivity contribution in [3.05, 3.63) is 0 Å². The van der Waals surface area contributed by atoms with Gasteiger partial charge in [-0.15, -0.1) is 0 Å². The van der Waals surface area contributed by atoms with Crippen LogP contribution in [0.2, 0.25) is 0 Å². The zero-order valence-corrected chi connectivity index (χ0v) is 42.7. The van der Waals surface area contributed by atoms with E-state index < -0.39 is 108 Å². The first-order valence-corrected chi connectivity index (χ1v) is 24.3. The Labute approximate surface area is 390 Å². The maximum atomic E-state index is 14.6. The Balaban J connectivity index is 2.18. The highest BCUT2D eigenvalue weighted by atomic mass is 16.7. The van der Waals surface area contributed by atoms with Crippen LogP contribution in [0, 0.1) is 17.8 Å². The molecule has 65 heavy (non-hydrogen) atoms. The standard InChI is InChI=1S/C48H89N3O14/c1-17-21-23-50(14)34-25-29(6)60-45(38(34)53)65-41-30(7)39(64-37-27-47(12,59-16)42(33(10)61-37)63-36(52)22-24-51(19-3)20-4)31(8)44(56)62-35(18-2)48(13,57)40(54)32(9)49-43(55)28(5)26-46(41,11)58-15/h28-35,37-42,45,53-54,57H,17-27H2,1-16H3,(H,49,55)/t28-,29-,30+,31-,32-,33+,34+,35-,37+,38-,39+,40-,41-,42+,45+,46-,47-,48-/m1/s1. The number of methoxy groups -OCH3 is 2. The molecular formula is C48H89N3O14. The third-order valence-electron chi connectivity index (χ3n) is 14.7. The number of likely N-dealkylation sites (N-methyl/N-ethyl adjacent to an activating group) is 1. The number of carbonyl (C=O) groups is 3. The maximum absolute atomic E-state index is 14.6. The molecule has 3 rings (SSSR count). The van der Waals surface area contributed by atoms with Crippen LogP contribution in [-0.2, 0) is 52.3 Å². The van der Waals surface area contributed by atoms with Crippen molar-refractivity contribution in [2.45, 2.75) is 225 Å². The quantitative estimate of drug-likeness (QED) is 0.151. The van der Waals surface area contributed by atoms with E-state index in [0.29, 0.717) is 13.0 Å². The minimum absolute atomic E-state index is 0.0882. The lowest BCUT2D eigenvalue weighted by Crippen LogP contribution is -2.61. The van der Waals surface area contributed by atoms with Crippen LogP contribution in [0.3, 0.4) is 0 Å². The zero-order chi connectivity index (χ0) is 49.2. The molecule has 3 aliphatic heterocycles. The van der Waals surface area contributed by atoms with Gasteiger partial charge < -0.3 is 68.3 Å². The topological polar surface area (TPSA) is 204 Å². The number of esters is 2. The molecule has 0 spiro atoms. The number of hydrogen-bond donors (Lipinski definition) is 4. The third kappa shape index (κ3) is 14.3. The molecule has 1 amide bonds. The third-order valence-corrected chi connectivity index (χ3v) is 14.7. The van der Waals surface area contributed by atoms with Crippen molar-refractivity contribution in [1.82, 2.24) is 15.1 Å². The van der Waals surface area contributed by atoms with Crippen LogP contribution in [0.1, 0.15) is 135 Å². The molecule has 0 bridgehead atoms. The van der Waals surface area contributed by atoms with Gasteiger partial charge in [-0.25, -0.2) is 0 Å². The molecule has 0 aromatic heterocycles. The molecule has 3 saturated heterocycles. The van der Waals surface area contributed by atoms with Crippen molar-refractivity contribution < 1.29 is 67.6 Å². The molecule has 0 aromatic rings. The predicted octanol–water partition coefficient (Wildman–Crippen LogP) is 4.19. The summed E-state index contributed by atoms with van der Waals surface area (Å²) in [5, 5.41) is 38.2. The molecule has 17 heteroatoms. The van der Waals surface area contributed by atoms with E-state index in [1.807, 2.05) is 48.6 Å². The Kier molecular flexibility index (Phi) is 22.0. The van der Waals surface area contributed by atoms with Gasteiger partial charge in [0, 0.05) is 45.1 Å². The van der Waals surface area contributed by atoms with E-state index in [9.17, 15) is 29.7 Å². The average molecular weight is 932 g/mol. The highest BCUT2D eigenvalue weighted by Gasteiger charge is 2.54. The Hall–Kier alpha value is -2.03. The van der Waals surface area contributed by atoms with E-state index in [2.05, 4.69) is 22.0 Å². The highest BCUT2D eigenvalue weighted by molar-refractivity contribution is 5.78. The largest absolute Gasteiger partial charge is 0.459 e. The summed E-state index contributed by atoms with van der Waals surface area (Å²) in [5.74, 6) is -4.07. The van der Waals surface area contributed by atoms with Gasteiger partial charge in [0.15, 0.2) is 18.7 Å². The first-order valence-electron chi connectivity index (χ1n) is 24.3. The van der Waals surface area contributed by atoms with E-state index in [1.54, 1.807) is 41.7 Å². The molecular weight excluding hydrogens is 843 g/mol. The van der Waals surface area contributed by atoms with Gasteiger partial charge in [-0.1, -0.05) is 48.0 Å². The number of amides is 1. The fourth-order valence-electron chi connectivity index (χ4n) is 10.1. The van der Waals surface area contributed by atoms with Crippen molar-refractivity contribution in [2.75, 3.05) is 47.4 Å². The maximum Gasteiger partial charge on any atom is 0.311 e. The number of carbonyl (C=O) groups excluding carboxylic acids is 3. The van der Waals surface area contributed by atoms with Crippen LogP contribution in [0.4, 0.5) is 0 Å². The van der Waals surface area contributed by atoms with E-state index in [1.165, 1.54) is 14.0 Å². The van der Waals surface area contributed by atoms with E-state index >= 15 is 0 Å². The lowest BCUT2D eigenvalue weighted by Gasteiger charge is -2.50. The number of aliphatic hydroxyl groups is 3. The number of nitrogens with zero attached hydrogens (tertiary/aromatic N) is 2. The average Bonchev–Trinajstić information content (AvgIpc) is 3.26. The number of rotatable bonds is 17. The van der Waals surface area contributed by atoms with Gasteiger partial charge in [0.05, 0.1) is 48.4 Å². The molecule has 17 nitrogen and oxygen atoms in total. The number of unbranched alkanes of at least 4 members (excludes halogenated alkanes) is 1. The van der Waals surface area contributed by atoms with Crippen LogP contribution >= 0.6 is 0 Å². The van der Waals surface area contributed by atoms with Gasteiger partial charge in [-0.3, -0.25) is 14.4 Å². The molecule has 0 saturated carbocycles. The summed E-state index contributed by atoms with van der Waals surface area (Å²) in [5.41, 5.74) is -4.34. The van der Waals surface area contributed by atoms with Crippen molar-refractivity contribution in [3.63, 3.8) is 0 Å². The molecule has 3 fully saturated rings. The first kappa shape index (κ1) is 57.3. The van der Waals surface area contributed by atoms with E-state index in [4.69, 9.17) is 37.9 Å². The van der Waals surface area contributed by atoms with Crippen molar-refractivity contribution in [3.8, 4) is 0 Å². The van der Waals surface area contributed by atoms with Crippen LogP contribution in [0.15, 0.2) is 0 Å². The van der Waals surface area contributed by atoms with Crippen LogP contribution < -0.4 is 5.32 Å². The number of aliphatic hydroxyl groups excluding tert-OH is 2. The lowest BCUT2D eigenvalue weighted by molar-refractivity contribution is -0.320. The molecule has 0 aliphatic carbocycles. The van der Waals surface area contributed by atoms with Crippen molar-refractivity contribution >= 4 is 17.8 Å². The summed E-state index contributed by atoms with van der Waals surface area (Å²) in [6.45, 7) is 26.4. The second-order valence-corrected chi connectivity index (χ2v) is 19.9. The second-order valence-electron chi connectivity index (χ2n) is 19.9. The van der Waals surface area contributed by atoms with Crippen LogP contribution in [0.5, 0.6) is 0 Å². The smallest absolute Gasteiger partial charge is 0.311 e.